The van der Waals surface area contributed by atoms with E-state index in [1.54, 1.807) is 11.6 Å². The second kappa shape index (κ2) is 4.73. The molecule has 0 radical (unpaired) electrons. The lowest BCUT2D eigenvalue weighted by atomic mass is 10.3. The van der Waals surface area contributed by atoms with Crippen LogP contribution < -0.4 is 5.32 Å². The molecule has 0 aliphatic rings. The van der Waals surface area contributed by atoms with Gasteiger partial charge in [0.05, 0.1) is 31.8 Å². The topological polar surface area (TPSA) is 87.4 Å². The molecular formula is C8H13N3O3. The smallest absolute Gasteiger partial charge is 0.269 e. The monoisotopic (exact) mass is 199 g/mol. The molecule has 0 aliphatic carbocycles. The molecule has 0 aromatic carbocycles. The molecule has 14 heavy (non-hydrogen) atoms. The van der Waals surface area contributed by atoms with Crippen molar-refractivity contribution in [2.24, 2.45) is 7.05 Å². The van der Waals surface area contributed by atoms with E-state index in [0.29, 0.717) is 5.69 Å². The van der Waals surface area contributed by atoms with Crippen LogP contribution in [0.4, 0.5) is 0 Å². The average Bonchev–Trinajstić information content (AvgIpc) is 2.60. The molecule has 6 nitrogen and oxygen atoms in total. The number of nitrogens with one attached hydrogen (secondary N) is 1. The molecule has 0 atom stereocenters. The second-order valence-corrected chi connectivity index (χ2v) is 2.93. The maximum atomic E-state index is 11.5. The first-order valence-electron chi connectivity index (χ1n) is 4.18. The lowest BCUT2D eigenvalue weighted by Gasteiger charge is -2.12. The van der Waals surface area contributed by atoms with Crippen LogP contribution in [-0.4, -0.2) is 44.9 Å². The van der Waals surface area contributed by atoms with Crippen LogP contribution in [0.3, 0.4) is 0 Å². The van der Waals surface area contributed by atoms with Crippen molar-refractivity contribution in [2.45, 2.75) is 6.04 Å². The SMILES string of the molecule is Cn1cncc1C(=O)NC(CO)CO. The van der Waals surface area contributed by atoms with Crippen molar-refractivity contribution in [3.8, 4) is 0 Å². The van der Waals surface area contributed by atoms with Crippen LogP contribution in [0, 0.1) is 0 Å². The Balaban J connectivity index is 2.63. The molecule has 0 spiro atoms. The third-order valence-electron chi connectivity index (χ3n) is 1.83. The van der Waals surface area contributed by atoms with Crippen molar-refractivity contribution >= 4 is 5.91 Å². The number of aliphatic hydroxyl groups is 2. The molecule has 3 N–H and O–H groups in total. The highest BCUT2D eigenvalue weighted by molar-refractivity contribution is 5.92. The minimum Gasteiger partial charge on any atom is -0.394 e. The summed E-state index contributed by atoms with van der Waals surface area (Å²) >= 11 is 0. The van der Waals surface area contributed by atoms with E-state index in [4.69, 9.17) is 10.2 Å². The van der Waals surface area contributed by atoms with E-state index in [9.17, 15) is 4.79 Å². The van der Waals surface area contributed by atoms with Crippen molar-refractivity contribution < 1.29 is 15.0 Å². The van der Waals surface area contributed by atoms with E-state index < -0.39 is 6.04 Å². The van der Waals surface area contributed by atoms with E-state index in [2.05, 4.69) is 10.3 Å². The first-order valence-corrected chi connectivity index (χ1v) is 4.18. The number of carbonyl (C=O) groups excluding carboxylic acids is 1. The van der Waals surface area contributed by atoms with Gasteiger partial charge >= 0.3 is 0 Å². The number of hydrogen-bond donors (Lipinski definition) is 3. The summed E-state index contributed by atoms with van der Waals surface area (Å²) in [6, 6.07) is -0.627. The highest BCUT2D eigenvalue weighted by Crippen LogP contribution is 1.96. The average molecular weight is 199 g/mol. The fourth-order valence-corrected chi connectivity index (χ4v) is 0.984. The highest BCUT2D eigenvalue weighted by atomic mass is 16.3. The van der Waals surface area contributed by atoms with Gasteiger partial charge in [-0.1, -0.05) is 0 Å². The molecule has 78 valence electrons. The van der Waals surface area contributed by atoms with Crippen LogP contribution >= 0.6 is 0 Å². The van der Waals surface area contributed by atoms with Crippen LogP contribution in [-0.2, 0) is 7.05 Å². The van der Waals surface area contributed by atoms with Gasteiger partial charge in [0.25, 0.3) is 5.91 Å². The van der Waals surface area contributed by atoms with Crippen molar-refractivity contribution in [3.05, 3.63) is 18.2 Å². The summed E-state index contributed by atoms with van der Waals surface area (Å²) in [5.74, 6) is -0.363. The van der Waals surface area contributed by atoms with Gasteiger partial charge in [-0.15, -0.1) is 0 Å². The lowest BCUT2D eigenvalue weighted by Crippen LogP contribution is -2.40. The molecule has 1 heterocycles. The zero-order chi connectivity index (χ0) is 10.6. The van der Waals surface area contributed by atoms with Gasteiger partial charge in [0.2, 0.25) is 0 Å². The van der Waals surface area contributed by atoms with Gasteiger partial charge in [-0.25, -0.2) is 4.98 Å². The maximum absolute atomic E-state index is 11.5. The van der Waals surface area contributed by atoms with Gasteiger partial charge in [0.1, 0.15) is 5.69 Å². The van der Waals surface area contributed by atoms with Gasteiger partial charge in [-0.2, -0.15) is 0 Å². The Kier molecular flexibility index (Phi) is 3.61. The van der Waals surface area contributed by atoms with E-state index in [1.165, 1.54) is 12.5 Å². The van der Waals surface area contributed by atoms with Gasteiger partial charge in [-0.3, -0.25) is 4.79 Å². The molecule has 1 amide bonds. The van der Waals surface area contributed by atoms with Crippen LogP contribution in [0.15, 0.2) is 12.5 Å². The zero-order valence-electron chi connectivity index (χ0n) is 7.84. The van der Waals surface area contributed by atoms with Gasteiger partial charge in [0.15, 0.2) is 0 Å². The van der Waals surface area contributed by atoms with E-state index in [0.717, 1.165) is 0 Å². The summed E-state index contributed by atoms with van der Waals surface area (Å²) in [5.41, 5.74) is 0.386. The summed E-state index contributed by atoms with van der Waals surface area (Å²) in [4.78, 5) is 15.2. The number of hydrogen-bond acceptors (Lipinski definition) is 4. The summed E-state index contributed by atoms with van der Waals surface area (Å²) in [7, 11) is 1.69. The molecule has 6 heteroatoms. The fourth-order valence-electron chi connectivity index (χ4n) is 0.984. The number of amides is 1. The largest absolute Gasteiger partial charge is 0.394 e. The number of aryl methyl sites for hydroxylation is 1. The zero-order valence-corrected chi connectivity index (χ0v) is 7.84. The van der Waals surface area contributed by atoms with Gasteiger partial charge < -0.3 is 20.1 Å². The Morgan fingerprint density at radius 3 is 2.71 bits per heavy atom. The standard InChI is InChI=1S/C8H13N3O3/c1-11-5-9-2-7(11)8(14)10-6(3-12)4-13/h2,5-6,12-13H,3-4H2,1H3,(H,10,14). The Bertz CT molecular complexity index is 307. The van der Waals surface area contributed by atoms with Crippen molar-refractivity contribution in [1.29, 1.82) is 0 Å². The summed E-state index contributed by atoms with van der Waals surface area (Å²) in [5, 5.41) is 19.9. The normalized spacial score (nSPS) is 10.6. The van der Waals surface area contributed by atoms with E-state index >= 15 is 0 Å². The number of aromatic nitrogens is 2. The van der Waals surface area contributed by atoms with Crippen molar-refractivity contribution in [3.63, 3.8) is 0 Å². The Hall–Kier alpha value is -1.40. The van der Waals surface area contributed by atoms with Crippen LogP contribution in [0.1, 0.15) is 10.5 Å². The van der Waals surface area contributed by atoms with Gasteiger partial charge in [-0.05, 0) is 0 Å². The molecule has 0 saturated carbocycles. The number of aliphatic hydroxyl groups excluding tert-OH is 2. The molecule has 0 aliphatic heterocycles. The predicted octanol–water partition coefficient (Wildman–Crippen LogP) is -1.50. The number of carbonyl (C=O) groups is 1. The lowest BCUT2D eigenvalue weighted by molar-refractivity contribution is 0.0871. The molecule has 1 aromatic heterocycles. The molecule has 0 saturated heterocycles. The minimum atomic E-state index is -0.627. The number of rotatable bonds is 4. The summed E-state index contributed by atoms with van der Waals surface area (Å²) in [6.07, 6.45) is 2.92. The van der Waals surface area contributed by atoms with E-state index in [-0.39, 0.29) is 19.1 Å². The third kappa shape index (κ3) is 2.30. The third-order valence-corrected chi connectivity index (χ3v) is 1.83. The van der Waals surface area contributed by atoms with Crippen LogP contribution in [0.5, 0.6) is 0 Å². The quantitative estimate of drug-likeness (QED) is 0.551. The Labute approximate surface area is 81.2 Å². The maximum Gasteiger partial charge on any atom is 0.269 e. The van der Waals surface area contributed by atoms with Crippen molar-refractivity contribution in [2.75, 3.05) is 13.2 Å². The van der Waals surface area contributed by atoms with Crippen LogP contribution in [0.25, 0.3) is 0 Å². The van der Waals surface area contributed by atoms with E-state index in [1.807, 2.05) is 0 Å². The minimum absolute atomic E-state index is 0.292. The first-order chi connectivity index (χ1) is 6.69. The number of imidazole rings is 1. The molecule has 1 aromatic rings. The molecular weight excluding hydrogens is 186 g/mol. The molecule has 0 unspecified atom stereocenters. The predicted molar refractivity (Wildman–Crippen MR) is 48.6 cm³/mol. The molecule has 0 fully saturated rings. The molecule has 0 bridgehead atoms. The first kappa shape index (κ1) is 10.7. The molecule has 1 rings (SSSR count). The fraction of sp³-hybridized carbons (Fsp3) is 0.500. The second-order valence-electron chi connectivity index (χ2n) is 2.93. The van der Waals surface area contributed by atoms with Crippen molar-refractivity contribution in [1.82, 2.24) is 14.9 Å². The van der Waals surface area contributed by atoms with Crippen LogP contribution in [0.2, 0.25) is 0 Å². The number of nitrogens with zero attached hydrogens (tertiary/aromatic N) is 2. The van der Waals surface area contributed by atoms with Gasteiger partial charge in [0, 0.05) is 7.05 Å². The Morgan fingerprint density at radius 2 is 2.29 bits per heavy atom. The summed E-state index contributed by atoms with van der Waals surface area (Å²) < 4.78 is 1.56. The Morgan fingerprint density at radius 1 is 1.64 bits per heavy atom. The highest BCUT2D eigenvalue weighted by Gasteiger charge is 2.14. The summed E-state index contributed by atoms with van der Waals surface area (Å²) in [6.45, 7) is -0.583.